The van der Waals surface area contributed by atoms with Gasteiger partial charge in [0.05, 0.1) is 19.8 Å². The average Bonchev–Trinajstić information content (AvgIpc) is 2.24. The molecule has 0 heterocycles. The van der Waals surface area contributed by atoms with Crippen LogP contribution in [0.2, 0.25) is 0 Å². The molecule has 4 N–H and O–H groups in total. The summed E-state index contributed by atoms with van der Waals surface area (Å²) in [7, 11) is 1.60. The van der Waals surface area contributed by atoms with Crippen LogP contribution >= 0.6 is 0 Å². The molecule has 0 unspecified atom stereocenters. The molecule has 0 bridgehead atoms. The second-order valence-corrected chi connectivity index (χ2v) is 4.17. The Morgan fingerprint density at radius 2 is 2.06 bits per heavy atom. The van der Waals surface area contributed by atoms with Gasteiger partial charge in [-0.1, -0.05) is 13.8 Å². The summed E-state index contributed by atoms with van der Waals surface area (Å²) in [6, 6.07) is 5.47. The van der Waals surface area contributed by atoms with E-state index >= 15 is 0 Å². The number of hydrogen-bond acceptors (Lipinski definition) is 4. The van der Waals surface area contributed by atoms with E-state index in [0.29, 0.717) is 17.4 Å². The minimum Gasteiger partial charge on any atom is -0.497 e. The normalized spacial score (nSPS) is 12.6. The molecule has 0 fully saturated rings. The van der Waals surface area contributed by atoms with Crippen LogP contribution in [0.5, 0.6) is 5.75 Å². The van der Waals surface area contributed by atoms with Crippen molar-refractivity contribution in [3.05, 3.63) is 18.2 Å². The van der Waals surface area contributed by atoms with Crippen molar-refractivity contribution in [2.45, 2.75) is 19.9 Å². The van der Waals surface area contributed by atoms with E-state index in [1.54, 1.807) is 13.2 Å². The van der Waals surface area contributed by atoms with Gasteiger partial charge >= 0.3 is 0 Å². The summed E-state index contributed by atoms with van der Waals surface area (Å²) in [6.45, 7) is 4.20. The van der Waals surface area contributed by atoms with Crippen LogP contribution in [0.25, 0.3) is 0 Å². The van der Waals surface area contributed by atoms with Crippen LogP contribution in [-0.4, -0.2) is 24.9 Å². The van der Waals surface area contributed by atoms with Crippen molar-refractivity contribution in [2.24, 2.45) is 5.92 Å². The molecule has 0 aliphatic carbocycles. The molecule has 1 atom stereocenters. The van der Waals surface area contributed by atoms with Gasteiger partial charge in [0.1, 0.15) is 5.75 Å². The average molecular weight is 224 g/mol. The lowest BCUT2D eigenvalue weighted by Gasteiger charge is -2.21. The summed E-state index contributed by atoms with van der Waals surface area (Å²) in [6.07, 6.45) is 0. The molecular weight excluding hydrogens is 204 g/mol. The third-order valence-corrected chi connectivity index (χ3v) is 2.52. The highest BCUT2D eigenvalue weighted by atomic mass is 16.5. The Bertz CT molecular complexity index is 340. The second kappa shape index (κ2) is 5.61. The molecule has 4 heteroatoms. The second-order valence-electron chi connectivity index (χ2n) is 4.17. The third kappa shape index (κ3) is 3.31. The van der Waals surface area contributed by atoms with E-state index in [0.717, 1.165) is 5.69 Å². The maximum Gasteiger partial charge on any atom is 0.122 e. The highest BCUT2D eigenvalue weighted by molar-refractivity contribution is 5.59. The molecule has 16 heavy (non-hydrogen) atoms. The van der Waals surface area contributed by atoms with Gasteiger partial charge in [0.25, 0.3) is 0 Å². The zero-order valence-electron chi connectivity index (χ0n) is 10.0. The van der Waals surface area contributed by atoms with Crippen molar-refractivity contribution in [1.29, 1.82) is 0 Å². The Balaban J connectivity index is 2.83. The number of methoxy groups -OCH3 is 1. The number of rotatable bonds is 5. The van der Waals surface area contributed by atoms with E-state index in [1.165, 1.54) is 0 Å². The fourth-order valence-corrected chi connectivity index (χ4v) is 1.46. The van der Waals surface area contributed by atoms with Crippen LogP contribution in [0.15, 0.2) is 18.2 Å². The van der Waals surface area contributed by atoms with Crippen LogP contribution in [-0.2, 0) is 0 Å². The summed E-state index contributed by atoms with van der Waals surface area (Å²) in [5.74, 6) is 1.06. The van der Waals surface area contributed by atoms with Gasteiger partial charge in [-0.05, 0) is 12.0 Å². The van der Waals surface area contributed by atoms with Crippen molar-refractivity contribution in [1.82, 2.24) is 0 Å². The fourth-order valence-electron chi connectivity index (χ4n) is 1.46. The first-order valence-electron chi connectivity index (χ1n) is 5.38. The zero-order valence-corrected chi connectivity index (χ0v) is 10.0. The zero-order chi connectivity index (χ0) is 12.1. The van der Waals surface area contributed by atoms with E-state index in [4.69, 9.17) is 10.5 Å². The molecular formula is C12H20N2O2. The summed E-state index contributed by atoms with van der Waals surface area (Å²) in [5.41, 5.74) is 7.25. The van der Waals surface area contributed by atoms with Crippen LogP contribution in [0.3, 0.4) is 0 Å². The topological polar surface area (TPSA) is 67.5 Å². The molecule has 0 spiro atoms. The smallest absolute Gasteiger partial charge is 0.122 e. The largest absolute Gasteiger partial charge is 0.497 e. The molecule has 0 radical (unpaired) electrons. The first kappa shape index (κ1) is 12.6. The quantitative estimate of drug-likeness (QED) is 0.666. The van der Waals surface area contributed by atoms with E-state index in [1.807, 2.05) is 12.1 Å². The summed E-state index contributed by atoms with van der Waals surface area (Å²) in [5, 5.41) is 12.5. The number of nitrogens with two attached hydrogens (primary N) is 1. The van der Waals surface area contributed by atoms with E-state index in [9.17, 15) is 5.11 Å². The van der Waals surface area contributed by atoms with Gasteiger partial charge in [-0.25, -0.2) is 0 Å². The molecule has 0 aliphatic heterocycles. The predicted molar refractivity (Wildman–Crippen MR) is 66.7 cm³/mol. The Hall–Kier alpha value is -1.42. The molecule has 1 aromatic rings. The number of nitrogens with one attached hydrogen (secondary N) is 1. The number of nitrogen functional groups attached to an aromatic ring is 1. The summed E-state index contributed by atoms with van der Waals surface area (Å²) < 4.78 is 5.13. The summed E-state index contributed by atoms with van der Waals surface area (Å²) >= 11 is 0. The molecule has 0 saturated carbocycles. The molecule has 0 aromatic heterocycles. The van der Waals surface area contributed by atoms with E-state index < -0.39 is 0 Å². The van der Waals surface area contributed by atoms with Crippen LogP contribution < -0.4 is 15.8 Å². The van der Waals surface area contributed by atoms with Crippen molar-refractivity contribution < 1.29 is 9.84 Å². The van der Waals surface area contributed by atoms with Crippen molar-refractivity contribution >= 4 is 11.4 Å². The minimum atomic E-state index is 0.0199. The lowest BCUT2D eigenvalue weighted by atomic mass is 10.1. The van der Waals surface area contributed by atoms with E-state index in [2.05, 4.69) is 19.2 Å². The first-order chi connectivity index (χ1) is 7.56. The van der Waals surface area contributed by atoms with Gasteiger partial charge in [-0.3, -0.25) is 0 Å². The Labute approximate surface area is 96.4 Å². The van der Waals surface area contributed by atoms with Gasteiger partial charge in [0.2, 0.25) is 0 Å². The van der Waals surface area contributed by atoms with Gasteiger partial charge in [0, 0.05) is 23.5 Å². The number of aliphatic hydroxyl groups excluding tert-OH is 1. The highest BCUT2D eigenvalue weighted by Crippen LogP contribution is 2.23. The Kier molecular flexibility index (Phi) is 4.43. The van der Waals surface area contributed by atoms with Crippen molar-refractivity contribution in [3.8, 4) is 5.75 Å². The maximum atomic E-state index is 9.23. The molecule has 0 saturated heterocycles. The lowest BCUT2D eigenvalue weighted by molar-refractivity contribution is 0.249. The van der Waals surface area contributed by atoms with Gasteiger partial charge < -0.3 is 20.9 Å². The monoisotopic (exact) mass is 224 g/mol. The first-order valence-corrected chi connectivity index (χ1v) is 5.38. The maximum absolute atomic E-state index is 9.23. The lowest BCUT2D eigenvalue weighted by Crippen LogP contribution is -2.29. The van der Waals surface area contributed by atoms with Gasteiger partial charge in [-0.2, -0.15) is 0 Å². The number of hydrogen-bond donors (Lipinski definition) is 3. The van der Waals surface area contributed by atoms with Crippen LogP contribution in [0.1, 0.15) is 13.8 Å². The molecule has 1 rings (SSSR count). The summed E-state index contributed by atoms with van der Waals surface area (Å²) in [4.78, 5) is 0. The van der Waals surface area contributed by atoms with Crippen molar-refractivity contribution in [2.75, 3.05) is 24.8 Å². The predicted octanol–water partition coefficient (Wildman–Crippen LogP) is 1.71. The van der Waals surface area contributed by atoms with Crippen LogP contribution in [0.4, 0.5) is 11.4 Å². The van der Waals surface area contributed by atoms with Gasteiger partial charge in [0.15, 0.2) is 0 Å². The van der Waals surface area contributed by atoms with Gasteiger partial charge in [-0.15, -0.1) is 0 Å². The molecule has 90 valence electrons. The standard InChI is InChI=1S/C12H20N2O2/c1-8(2)12(7-15)14-10-4-9(13)5-11(6-10)16-3/h4-6,8,12,14-15H,7,13H2,1-3H3/t12-/m1/s1. The van der Waals surface area contributed by atoms with Crippen LogP contribution in [0, 0.1) is 5.92 Å². The fraction of sp³-hybridized carbons (Fsp3) is 0.500. The number of anilines is 2. The van der Waals surface area contributed by atoms with Crippen molar-refractivity contribution in [3.63, 3.8) is 0 Å². The van der Waals surface area contributed by atoms with E-state index in [-0.39, 0.29) is 12.6 Å². The highest BCUT2D eigenvalue weighted by Gasteiger charge is 2.12. The third-order valence-electron chi connectivity index (χ3n) is 2.52. The SMILES string of the molecule is COc1cc(N)cc(N[C@H](CO)C(C)C)c1. The molecule has 0 aliphatic rings. The number of aliphatic hydroxyl groups is 1. The minimum absolute atomic E-state index is 0.0199. The Morgan fingerprint density at radius 3 is 2.56 bits per heavy atom. The Morgan fingerprint density at radius 1 is 1.38 bits per heavy atom. The number of benzene rings is 1. The molecule has 0 amide bonds. The number of ether oxygens (including phenoxy) is 1. The molecule has 1 aromatic carbocycles. The molecule has 4 nitrogen and oxygen atoms in total.